The van der Waals surface area contributed by atoms with Crippen LogP contribution in [0.3, 0.4) is 0 Å². The van der Waals surface area contributed by atoms with Gasteiger partial charge in [-0.2, -0.15) is 0 Å². The summed E-state index contributed by atoms with van der Waals surface area (Å²) in [6.07, 6.45) is 7.06. The van der Waals surface area contributed by atoms with Crippen LogP contribution in [0.1, 0.15) is 67.6 Å². The van der Waals surface area contributed by atoms with Crippen molar-refractivity contribution in [1.29, 1.82) is 0 Å². The molecule has 0 spiro atoms. The van der Waals surface area contributed by atoms with Crippen LogP contribution in [0.4, 0.5) is 0 Å². The topological polar surface area (TPSA) is 105 Å². The molecule has 2 aromatic rings. The maximum absolute atomic E-state index is 13.5. The molecule has 0 saturated heterocycles. The maximum atomic E-state index is 13.5. The van der Waals surface area contributed by atoms with Crippen molar-refractivity contribution < 1.29 is 23.9 Å². The van der Waals surface area contributed by atoms with Crippen LogP contribution in [0.15, 0.2) is 21.6 Å². The highest BCUT2D eigenvalue weighted by Gasteiger charge is 2.23. The fourth-order valence-electron chi connectivity index (χ4n) is 3.85. The first-order valence-electron chi connectivity index (χ1n) is 11.5. The van der Waals surface area contributed by atoms with Crippen LogP contribution in [0, 0.1) is 6.92 Å². The Morgan fingerprint density at radius 3 is 2.62 bits per heavy atom. The first-order chi connectivity index (χ1) is 16.3. The largest absolute Gasteiger partial charge is 0.466 e. The van der Waals surface area contributed by atoms with Gasteiger partial charge in [-0.05, 0) is 58.4 Å². The highest BCUT2D eigenvalue weighted by molar-refractivity contribution is 7.99. The third-order valence-electron chi connectivity index (χ3n) is 5.53. The minimum Gasteiger partial charge on any atom is -0.466 e. The predicted octanol–water partition coefficient (Wildman–Crippen LogP) is 4.45. The Morgan fingerprint density at radius 1 is 1.18 bits per heavy atom. The molecule has 0 aromatic carbocycles. The zero-order chi connectivity index (χ0) is 24.7. The number of Topliss-reactive ketones (excluding diaryl/α,β-unsaturated/α-hetero) is 1. The molecule has 8 nitrogen and oxygen atoms in total. The molecule has 0 amide bonds. The summed E-state index contributed by atoms with van der Waals surface area (Å²) in [6, 6.07) is 0. The standard InChI is InChI=1S/C24H30N2O6S2/c1-4-31-18(28)13-17(27)14-33-24-25-21-19(15(3)20(34-21)23(30)32-5-2)22(29)26(24)12-11-16-9-7-6-8-10-16/h9H,4-8,10-14H2,1-3H3. The van der Waals surface area contributed by atoms with Gasteiger partial charge in [-0.1, -0.05) is 23.4 Å². The molecule has 0 bridgehead atoms. The number of thioether (sulfide) groups is 1. The second-order valence-electron chi connectivity index (χ2n) is 7.98. The molecule has 2 heterocycles. The number of carbonyl (C=O) groups is 3. The first kappa shape index (κ1) is 26.2. The van der Waals surface area contributed by atoms with E-state index in [-0.39, 0.29) is 36.7 Å². The van der Waals surface area contributed by atoms with Crippen molar-refractivity contribution >= 4 is 51.0 Å². The Balaban J connectivity index is 1.93. The molecule has 34 heavy (non-hydrogen) atoms. The van der Waals surface area contributed by atoms with E-state index in [4.69, 9.17) is 9.47 Å². The van der Waals surface area contributed by atoms with Crippen molar-refractivity contribution in [1.82, 2.24) is 9.55 Å². The zero-order valence-corrected chi connectivity index (χ0v) is 21.4. The number of ketones is 1. The maximum Gasteiger partial charge on any atom is 0.348 e. The van der Waals surface area contributed by atoms with Crippen molar-refractivity contribution in [2.75, 3.05) is 19.0 Å². The van der Waals surface area contributed by atoms with Crippen LogP contribution in [-0.4, -0.2) is 46.2 Å². The second kappa shape index (κ2) is 12.3. The summed E-state index contributed by atoms with van der Waals surface area (Å²) < 4.78 is 11.6. The van der Waals surface area contributed by atoms with Crippen molar-refractivity contribution in [3.8, 4) is 0 Å². The number of carbonyl (C=O) groups excluding carboxylic acids is 3. The van der Waals surface area contributed by atoms with Crippen LogP contribution in [-0.2, 0) is 25.6 Å². The molecule has 0 fully saturated rings. The highest BCUT2D eigenvalue weighted by atomic mass is 32.2. The minimum absolute atomic E-state index is 0.00541. The van der Waals surface area contributed by atoms with Gasteiger partial charge in [0, 0.05) is 6.54 Å². The fourth-order valence-corrected chi connectivity index (χ4v) is 5.85. The number of esters is 2. The van der Waals surface area contributed by atoms with Gasteiger partial charge in [0.1, 0.15) is 16.1 Å². The lowest BCUT2D eigenvalue weighted by molar-refractivity contribution is -0.145. The third kappa shape index (κ3) is 6.35. The Hall–Kier alpha value is -2.46. The molecule has 0 unspecified atom stereocenters. The van der Waals surface area contributed by atoms with Gasteiger partial charge in [-0.15, -0.1) is 11.3 Å². The van der Waals surface area contributed by atoms with Crippen LogP contribution < -0.4 is 5.56 Å². The van der Waals surface area contributed by atoms with Crippen LogP contribution in [0.5, 0.6) is 0 Å². The lowest BCUT2D eigenvalue weighted by atomic mass is 9.97. The molecule has 0 atom stereocenters. The van der Waals surface area contributed by atoms with Crippen molar-refractivity contribution in [2.24, 2.45) is 0 Å². The number of ether oxygens (including phenoxy) is 2. The number of hydrogen-bond donors (Lipinski definition) is 0. The zero-order valence-electron chi connectivity index (χ0n) is 19.8. The van der Waals surface area contributed by atoms with Gasteiger partial charge in [0.15, 0.2) is 10.9 Å². The fraction of sp³-hybridized carbons (Fsp3) is 0.542. The Bertz CT molecular complexity index is 1160. The lowest BCUT2D eigenvalue weighted by Gasteiger charge is -2.15. The summed E-state index contributed by atoms with van der Waals surface area (Å²) in [5.74, 6) is -1.34. The van der Waals surface area contributed by atoms with Crippen molar-refractivity contribution in [2.45, 2.75) is 71.0 Å². The first-order valence-corrected chi connectivity index (χ1v) is 13.3. The van der Waals surface area contributed by atoms with Crippen LogP contribution >= 0.6 is 23.1 Å². The molecule has 2 aromatic heterocycles. The third-order valence-corrected chi connectivity index (χ3v) is 7.73. The number of thiophene rings is 1. The summed E-state index contributed by atoms with van der Waals surface area (Å²) in [5.41, 5.74) is 1.66. The second-order valence-corrected chi connectivity index (χ2v) is 9.92. The lowest BCUT2D eigenvalue weighted by Crippen LogP contribution is -2.24. The van der Waals surface area contributed by atoms with E-state index < -0.39 is 11.9 Å². The van der Waals surface area contributed by atoms with Gasteiger partial charge in [0.25, 0.3) is 5.56 Å². The number of nitrogens with zero attached hydrogens (tertiary/aromatic N) is 2. The normalized spacial score (nSPS) is 13.6. The van der Waals surface area contributed by atoms with E-state index in [1.165, 1.54) is 12.0 Å². The highest BCUT2D eigenvalue weighted by Crippen LogP contribution is 2.30. The number of aromatic nitrogens is 2. The average molecular weight is 507 g/mol. The van der Waals surface area contributed by atoms with Gasteiger partial charge < -0.3 is 9.47 Å². The van der Waals surface area contributed by atoms with Gasteiger partial charge in [-0.25, -0.2) is 9.78 Å². The van der Waals surface area contributed by atoms with E-state index in [1.54, 1.807) is 25.3 Å². The number of aryl methyl sites for hydroxylation is 1. The molecule has 3 rings (SSSR count). The SMILES string of the molecule is CCOC(=O)CC(=O)CSc1nc2sc(C(=O)OCC)c(C)c2c(=O)n1CCC1=CCCCC1. The monoisotopic (exact) mass is 506 g/mol. The average Bonchev–Trinajstić information content (AvgIpc) is 3.14. The number of allylic oxidation sites excluding steroid dienone is 2. The summed E-state index contributed by atoms with van der Waals surface area (Å²) in [7, 11) is 0. The van der Waals surface area contributed by atoms with Gasteiger partial charge in [0.05, 0.1) is 24.4 Å². The summed E-state index contributed by atoms with van der Waals surface area (Å²) >= 11 is 2.25. The van der Waals surface area contributed by atoms with E-state index in [0.29, 0.717) is 32.4 Å². The molecule has 0 aliphatic heterocycles. The molecule has 10 heteroatoms. The van der Waals surface area contributed by atoms with E-state index in [1.807, 2.05) is 0 Å². The quantitative estimate of drug-likeness (QED) is 0.145. The van der Waals surface area contributed by atoms with E-state index in [0.717, 1.165) is 48.8 Å². The van der Waals surface area contributed by atoms with Crippen molar-refractivity contribution in [3.63, 3.8) is 0 Å². The van der Waals surface area contributed by atoms with E-state index in [2.05, 4.69) is 11.1 Å². The van der Waals surface area contributed by atoms with Gasteiger partial charge in [0.2, 0.25) is 0 Å². The molecule has 0 saturated carbocycles. The molecule has 1 aliphatic carbocycles. The predicted molar refractivity (Wildman–Crippen MR) is 133 cm³/mol. The molecular weight excluding hydrogens is 476 g/mol. The molecular formula is C24H30N2O6S2. The molecule has 184 valence electrons. The van der Waals surface area contributed by atoms with E-state index in [9.17, 15) is 19.2 Å². The molecule has 0 radical (unpaired) electrons. The van der Waals surface area contributed by atoms with Crippen molar-refractivity contribution in [3.05, 3.63) is 32.4 Å². The number of rotatable bonds is 11. The van der Waals surface area contributed by atoms with Gasteiger partial charge in [-0.3, -0.25) is 19.0 Å². The van der Waals surface area contributed by atoms with Gasteiger partial charge >= 0.3 is 11.9 Å². The Morgan fingerprint density at radius 2 is 1.94 bits per heavy atom. The smallest absolute Gasteiger partial charge is 0.348 e. The Labute approximate surface area is 206 Å². The number of hydrogen-bond acceptors (Lipinski definition) is 9. The summed E-state index contributed by atoms with van der Waals surface area (Å²) in [4.78, 5) is 55.3. The summed E-state index contributed by atoms with van der Waals surface area (Å²) in [6.45, 7) is 6.04. The molecule has 0 N–H and O–H groups in total. The molecule has 1 aliphatic rings. The van der Waals surface area contributed by atoms with E-state index >= 15 is 0 Å². The minimum atomic E-state index is -0.564. The van der Waals surface area contributed by atoms with Crippen LogP contribution in [0.2, 0.25) is 0 Å². The summed E-state index contributed by atoms with van der Waals surface area (Å²) in [5, 5.41) is 0.815. The Kier molecular flexibility index (Phi) is 9.46. The van der Waals surface area contributed by atoms with Crippen LogP contribution in [0.25, 0.3) is 10.2 Å². The number of fused-ring (bicyclic) bond motifs is 1.